The van der Waals surface area contributed by atoms with E-state index in [2.05, 4.69) is 4.98 Å². The van der Waals surface area contributed by atoms with Crippen molar-refractivity contribution >= 4 is 11.6 Å². The third kappa shape index (κ3) is 2.40. The topological polar surface area (TPSA) is 73.7 Å². The van der Waals surface area contributed by atoms with Crippen LogP contribution in [0.3, 0.4) is 0 Å². The van der Waals surface area contributed by atoms with Gasteiger partial charge < -0.3 is 15.1 Å². The summed E-state index contributed by atoms with van der Waals surface area (Å²) in [5.41, 5.74) is 0.893. The van der Waals surface area contributed by atoms with Gasteiger partial charge in [0.05, 0.1) is 0 Å². The van der Waals surface area contributed by atoms with Crippen molar-refractivity contribution in [2.24, 2.45) is 0 Å². The van der Waals surface area contributed by atoms with Gasteiger partial charge >= 0.3 is 0 Å². The quantitative estimate of drug-likeness (QED) is 0.844. The number of carbonyl (C=O) groups excluding carboxylic acids is 1. The molecule has 2 rings (SSSR count). The van der Waals surface area contributed by atoms with Gasteiger partial charge in [0.25, 0.3) is 5.91 Å². The highest BCUT2D eigenvalue weighted by atomic mass is 16.3. The van der Waals surface area contributed by atoms with Gasteiger partial charge in [-0.05, 0) is 24.3 Å². The Kier molecular flexibility index (Phi) is 3.14. The normalized spacial score (nSPS) is 10.1. The first-order valence-corrected chi connectivity index (χ1v) is 5.29. The molecule has 0 aliphatic carbocycles. The van der Waals surface area contributed by atoms with E-state index >= 15 is 0 Å². The van der Waals surface area contributed by atoms with Crippen LogP contribution in [0.15, 0.2) is 42.7 Å². The maximum Gasteiger partial charge on any atom is 0.258 e. The molecule has 18 heavy (non-hydrogen) atoms. The molecule has 0 aliphatic rings. The van der Waals surface area contributed by atoms with Gasteiger partial charge in [-0.1, -0.05) is 0 Å². The lowest BCUT2D eigenvalue weighted by Crippen LogP contribution is -2.26. The second-order valence-corrected chi connectivity index (χ2v) is 3.81. The van der Waals surface area contributed by atoms with Crippen molar-refractivity contribution in [3.63, 3.8) is 0 Å². The SMILES string of the molecule is CN(C(=O)c1cc(O)cc(O)c1)c1ccncc1. The Morgan fingerprint density at radius 2 is 1.67 bits per heavy atom. The average Bonchev–Trinajstić information content (AvgIpc) is 2.37. The van der Waals surface area contributed by atoms with Crippen molar-refractivity contribution in [3.8, 4) is 11.5 Å². The van der Waals surface area contributed by atoms with Crippen LogP contribution >= 0.6 is 0 Å². The van der Waals surface area contributed by atoms with Crippen molar-refractivity contribution in [2.75, 3.05) is 11.9 Å². The molecule has 0 spiro atoms. The number of benzene rings is 1. The molecule has 5 heteroatoms. The number of phenols is 2. The fourth-order valence-corrected chi connectivity index (χ4v) is 1.60. The molecule has 0 atom stereocenters. The first-order chi connectivity index (χ1) is 8.58. The number of hydrogen-bond acceptors (Lipinski definition) is 4. The number of aromatic hydroxyl groups is 2. The zero-order chi connectivity index (χ0) is 13.1. The number of nitrogens with zero attached hydrogens (tertiary/aromatic N) is 2. The first kappa shape index (κ1) is 11.9. The summed E-state index contributed by atoms with van der Waals surface area (Å²) in [7, 11) is 1.61. The molecule has 92 valence electrons. The molecule has 1 heterocycles. The van der Waals surface area contributed by atoms with Crippen molar-refractivity contribution < 1.29 is 15.0 Å². The van der Waals surface area contributed by atoms with Crippen molar-refractivity contribution in [3.05, 3.63) is 48.3 Å². The van der Waals surface area contributed by atoms with Crippen LogP contribution in [0.5, 0.6) is 11.5 Å². The van der Waals surface area contributed by atoms with Gasteiger partial charge in [-0.15, -0.1) is 0 Å². The largest absolute Gasteiger partial charge is 0.508 e. The Balaban J connectivity index is 2.31. The van der Waals surface area contributed by atoms with Gasteiger partial charge in [0, 0.05) is 36.8 Å². The molecule has 0 aliphatic heterocycles. The lowest BCUT2D eigenvalue weighted by molar-refractivity contribution is 0.0992. The third-order valence-corrected chi connectivity index (χ3v) is 2.50. The van der Waals surface area contributed by atoms with Crippen LogP contribution in [0.25, 0.3) is 0 Å². The van der Waals surface area contributed by atoms with E-state index in [-0.39, 0.29) is 23.0 Å². The van der Waals surface area contributed by atoms with Crippen LogP contribution in [0.4, 0.5) is 5.69 Å². The van der Waals surface area contributed by atoms with E-state index in [0.29, 0.717) is 5.69 Å². The number of anilines is 1. The summed E-state index contributed by atoms with van der Waals surface area (Å²) >= 11 is 0. The molecule has 0 radical (unpaired) electrons. The fourth-order valence-electron chi connectivity index (χ4n) is 1.60. The van der Waals surface area contributed by atoms with Crippen molar-refractivity contribution in [2.45, 2.75) is 0 Å². The van der Waals surface area contributed by atoms with Crippen molar-refractivity contribution in [1.82, 2.24) is 4.98 Å². The molecule has 1 aromatic heterocycles. The molecule has 0 saturated heterocycles. The van der Waals surface area contributed by atoms with Gasteiger partial charge in [0.1, 0.15) is 11.5 Å². The van der Waals surface area contributed by atoms with Crippen LogP contribution in [0, 0.1) is 0 Å². The minimum atomic E-state index is -0.326. The standard InChI is InChI=1S/C13H12N2O3/c1-15(10-2-4-14-5-3-10)13(18)9-6-11(16)8-12(17)7-9/h2-8,16-17H,1H3. The van der Waals surface area contributed by atoms with Crippen LogP contribution in [0.2, 0.25) is 0 Å². The second-order valence-electron chi connectivity index (χ2n) is 3.81. The number of pyridine rings is 1. The summed E-state index contributed by atoms with van der Waals surface area (Å²) in [4.78, 5) is 17.4. The zero-order valence-electron chi connectivity index (χ0n) is 9.74. The van der Waals surface area contributed by atoms with Crippen LogP contribution in [-0.4, -0.2) is 28.2 Å². The maximum absolute atomic E-state index is 12.1. The summed E-state index contributed by atoms with van der Waals surface area (Å²) < 4.78 is 0. The van der Waals surface area contributed by atoms with E-state index < -0.39 is 0 Å². The highest BCUT2D eigenvalue weighted by Crippen LogP contribution is 2.22. The summed E-state index contributed by atoms with van der Waals surface area (Å²) in [6.45, 7) is 0. The van der Waals surface area contributed by atoms with E-state index in [4.69, 9.17) is 0 Å². The Hall–Kier alpha value is -2.56. The Labute approximate surface area is 104 Å². The molecule has 2 N–H and O–H groups in total. The van der Waals surface area contributed by atoms with E-state index in [9.17, 15) is 15.0 Å². The molecule has 1 aromatic carbocycles. The predicted molar refractivity (Wildman–Crippen MR) is 66.7 cm³/mol. The predicted octanol–water partition coefficient (Wildman–Crippen LogP) is 1.77. The Bertz CT molecular complexity index is 549. The minimum Gasteiger partial charge on any atom is -0.508 e. The van der Waals surface area contributed by atoms with Gasteiger partial charge in [-0.25, -0.2) is 0 Å². The number of rotatable bonds is 2. The average molecular weight is 244 g/mol. The molecular weight excluding hydrogens is 232 g/mol. The summed E-state index contributed by atoms with van der Waals surface area (Å²) in [5.74, 6) is -0.629. The summed E-state index contributed by atoms with van der Waals surface area (Å²) in [5, 5.41) is 18.7. The molecular formula is C13H12N2O3. The number of phenolic OH excluding ortho intramolecular Hbond substituents is 2. The number of carbonyl (C=O) groups is 1. The third-order valence-electron chi connectivity index (χ3n) is 2.50. The highest BCUT2D eigenvalue weighted by molar-refractivity contribution is 6.06. The lowest BCUT2D eigenvalue weighted by Gasteiger charge is -2.17. The molecule has 0 bridgehead atoms. The lowest BCUT2D eigenvalue weighted by atomic mass is 10.1. The fraction of sp³-hybridized carbons (Fsp3) is 0.0769. The van der Waals surface area contributed by atoms with E-state index in [1.54, 1.807) is 31.6 Å². The highest BCUT2D eigenvalue weighted by Gasteiger charge is 2.14. The van der Waals surface area contributed by atoms with Crippen molar-refractivity contribution in [1.29, 1.82) is 0 Å². The zero-order valence-corrected chi connectivity index (χ0v) is 9.74. The van der Waals surface area contributed by atoms with E-state index in [1.807, 2.05) is 0 Å². The van der Waals surface area contributed by atoms with Gasteiger partial charge in [0.2, 0.25) is 0 Å². The van der Waals surface area contributed by atoms with Crippen LogP contribution in [-0.2, 0) is 0 Å². The molecule has 1 amide bonds. The summed E-state index contributed by atoms with van der Waals surface area (Å²) in [6, 6.07) is 7.17. The number of amides is 1. The number of aromatic nitrogens is 1. The first-order valence-electron chi connectivity index (χ1n) is 5.29. The second kappa shape index (κ2) is 4.75. The molecule has 0 unspecified atom stereocenters. The van der Waals surface area contributed by atoms with Gasteiger partial charge in [0.15, 0.2) is 0 Å². The monoisotopic (exact) mass is 244 g/mol. The molecule has 0 saturated carbocycles. The van der Waals surface area contributed by atoms with E-state index in [0.717, 1.165) is 0 Å². The van der Waals surface area contributed by atoms with Crippen LogP contribution in [0.1, 0.15) is 10.4 Å². The summed E-state index contributed by atoms with van der Waals surface area (Å²) in [6.07, 6.45) is 3.16. The molecule has 5 nitrogen and oxygen atoms in total. The Morgan fingerprint density at radius 3 is 2.22 bits per heavy atom. The van der Waals surface area contributed by atoms with E-state index in [1.165, 1.54) is 23.1 Å². The minimum absolute atomic E-state index is 0.151. The van der Waals surface area contributed by atoms with Crippen LogP contribution < -0.4 is 4.90 Å². The van der Waals surface area contributed by atoms with Gasteiger partial charge in [-0.2, -0.15) is 0 Å². The maximum atomic E-state index is 12.1. The number of hydrogen-bond donors (Lipinski definition) is 2. The molecule has 0 fully saturated rings. The van der Waals surface area contributed by atoms with Gasteiger partial charge in [-0.3, -0.25) is 9.78 Å². The molecule has 2 aromatic rings. The smallest absolute Gasteiger partial charge is 0.258 e. The Morgan fingerprint density at radius 1 is 1.11 bits per heavy atom.